The predicted molar refractivity (Wildman–Crippen MR) is 49.3 cm³/mol. The Labute approximate surface area is 70.6 Å². The first kappa shape index (κ1) is 8.14. The fraction of sp³-hybridized carbons (Fsp3) is 0.250. The van der Waals surface area contributed by atoms with Gasteiger partial charge in [-0.25, -0.2) is 0 Å². The molecule has 0 amide bonds. The van der Waals surface area contributed by atoms with E-state index in [1.807, 2.05) is 13.8 Å². The van der Waals surface area contributed by atoms with Gasteiger partial charge in [0, 0.05) is 0 Å². The average molecular weight is 166 g/mol. The Morgan fingerprint density at radius 3 is 1.73 bits per heavy atom. The van der Waals surface area contributed by atoms with Gasteiger partial charge in [0.25, 0.3) is 0 Å². The van der Waals surface area contributed by atoms with Crippen molar-refractivity contribution >= 4 is 22.9 Å². The summed E-state index contributed by atoms with van der Waals surface area (Å²) in [6, 6.07) is 0. The number of nitrogens with zero attached hydrogens (tertiary/aromatic N) is 2. The van der Waals surface area contributed by atoms with Crippen molar-refractivity contribution < 1.29 is 0 Å². The van der Waals surface area contributed by atoms with E-state index in [9.17, 15) is 0 Å². The highest BCUT2D eigenvalue weighted by atomic mass is 32.1. The molecule has 0 bridgehead atoms. The third-order valence-electron chi connectivity index (χ3n) is 1.30. The Morgan fingerprint density at radius 1 is 1.09 bits per heavy atom. The lowest BCUT2D eigenvalue weighted by molar-refractivity contribution is 1.36. The van der Waals surface area contributed by atoms with E-state index in [0.29, 0.717) is 0 Å². The molecule has 0 radical (unpaired) electrons. The first-order valence-corrected chi connectivity index (χ1v) is 4.00. The van der Waals surface area contributed by atoms with Gasteiger partial charge >= 0.3 is 0 Å². The largest absolute Gasteiger partial charge is 0.173 e. The third kappa shape index (κ3) is 1.54. The molecule has 0 aromatic carbocycles. The molecular weight excluding hydrogens is 156 g/mol. The first-order valence-electron chi connectivity index (χ1n) is 3.27. The van der Waals surface area contributed by atoms with Crippen LogP contribution in [0.25, 0.3) is 11.1 Å². The number of allylic oxidation sites excluding steroid dienone is 2. The summed E-state index contributed by atoms with van der Waals surface area (Å²) >= 11 is 1.20. The monoisotopic (exact) mass is 166 g/mol. The fourth-order valence-corrected chi connectivity index (χ4v) is 1.44. The van der Waals surface area contributed by atoms with Crippen molar-refractivity contribution in [2.45, 2.75) is 13.8 Å². The molecule has 0 N–H and O–H groups in total. The van der Waals surface area contributed by atoms with Gasteiger partial charge in [0.05, 0.1) is 11.7 Å². The van der Waals surface area contributed by atoms with E-state index in [-0.39, 0.29) is 0 Å². The van der Waals surface area contributed by atoms with E-state index < -0.39 is 0 Å². The van der Waals surface area contributed by atoms with Crippen LogP contribution in [-0.2, 0) is 0 Å². The van der Waals surface area contributed by atoms with Crippen molar-refractivity contribution in [3.8, 4) is 0 Å². The predicted octanol–water partition coefficient (Wildman–Crippen LogP) is 2.60. The van der Waals surface area contributed by atoms with Crippen molar-refractivity contribution in [2.24, 2.45) is 0 Å². The minimum atomic E-state index is 0.877. The SMILES string of the molecule is C=C(C)c1nsnc1C(=C)C. The van der Waals surface area contributed by atoms with Gasteiger partial charge in [0.1, 0.15) is 11.4 Å². The molecule has 3 heteroatoms. The summed E-state index contributed by atoms with van der Waals surface area (Å²) in [4.78, 5) is 0. The van der Waals surface area contributed by atoms with E-state index in [2.05, 4.69) is 21.9 Å². The summed E-state index contributed by atoms with van der Waals surface area (Å²) in [5.41, 5.74) is 3.64. The maximum atomic E-state index is 4.11. The van der Waals surface area contributed by atoms with Crippen LogP contribution in [0.1, 0.15) is 25.2 Å². The maximum absolute atomic E-state index is 4.11. The van der Waals surface area contributed by atoms with Crippen molar-refractivity contribution in [2.75, 3.05) is 0 Å². The molecule has 0 aliphatic rings. The van der Waals surface area contributed by atoms with Crippen molar-refractivity contribution in [3.63, 3.8) is 0 Å². The van der Waals surface area contributed by atoms with E-state index in [1.54, 1.807) is 0 Å². The second-order valence-corrected chi connectivity index (χ2v) is 3.05. The average Bonchev–Trinajstić information content (AvgIpc) is 2.32. The Balaban J connectivity index is 3.16. The molecule has 0 saturated heterocycles. The Hall–Kier alpha value is -0.960. The molecule has 1 aromatic heterocycles. The number of hydrogen-bond acceptors (Lipinski definition) is 3. The van der Waals surface area contributed by atoms with Crippen LogP contribution in [0.3, 0.4) is 0 Å². The summed E-state index contributed by atoms with van der Waals surface area (Å²) in [7, 11) is 0. The smallest absolute Gasteiger partial charge is 0.107 e. The van der Waals surface area contributed by atoms with Gasteiger partial charge < -0.3 is 0 Å². The van der Waals surface area contributed by atoms with Gasteiger partial charge in [-0.2, -0.15) is 8.75 Å². The zero-order valence-electron chi connectivity index (χ0n) is 6.72. The van der Waals surface area contributed by atoms with E-state index in [0.717, 1.165) is 22.5 Å². The minimum Gasteiger partial charge on any atom is -0.173 e. The van der Waals surface area contributed by atoms with Crippen molar-refractivity contribution in [1.82, 2.24) is 8.75 Å². The van der Waals surface area contributed by atoms with Gasteiger partial charge in [0.2, 0.25) is 0 Å². The van der Waals surface area contributed by atoms with Gasteiger partial charge in [0.15, 0.2) is 0 Å². The second-order valence-electron chi connectivity index (χ2n) is 2.52. The molecule has 0 fully saturated rings. The molecule has 0 unspecified atom stereocenters. The zero-order valence-corrected chi connectivity index (χ0v) is 7.53. The number of aromatic nitrogens is 2. The molecule has 0 spiro atoms. The highest BCUT2D eigenvalue weighted by molar-refractivity contribution is 6.99. The van der Waals surface area contributed by atoms with E-state index in [4.69, 9.17) is 0 Å². The molecule has 11 heavy (non-hydrogen) atoms. The standard InChI is InChI=1S/C8H10N2S/c1-5(2)7-8(6(3)4)10-11-9-7/h1,3H2,2,4H3. The van der Waals surface area contributed by atoms with Crippen LogP contribution >= 0.6 is 11.7 Å². The van der Waals surface area contributed by atoms with Crippen LogP contribution in [0.2, 0.25) is 0 Å². The summed E-state index contributed by atoms with van der Waals surface area (Å²) < 4.78 is 8.21. The van der Waals surface area contributed by atoms with Gasteiger partial charge in [-0.15, -0.1) is 0 Å². The lowest BCUT2D eigenvalue weighted by Crippen LogP contribution is -1.85. The van der Waals surface area contributed by atoms with Crippen LogP contribution in [0.4, 0.5) is 0 Å². The first-order chi connectivity index (χ1) is 5.13. The van der Waals surface area contributed by atoms with Crippen LogP contribution in [0.5, 0.6) is 0 Å². The molecule has 0 aliphatic heterocycles. The van der Waals surface area contributed by atoms with Crippen molar-refractivity contribution in [3.05, 3.63) is 24.5 Å². The molecule has 0 atom stereocenters. The van der Waals surface area contributed by atoms with E-state index >= 15 is 0 Å². The fourth-order valence-electron chi connectivity index (χ4n) is 0.749. The topological polar surface area (TPSA) is 25.8 Å². The van der Waals surface area contributed by atoms with Gasteiger partial charge in [-0.3, -0.25) is 0 Å². The number of rotatable bonds is 2. The molecule has 0 saturated carbocycles. The number of hydrogen-bond donors (Lipinski definition) is 0. The second kappa shape index (κ2) is 2.96. The molecule has 1 rings (SSSR count). The molecule has 1 heterocycles. The molecule has 58 valence electrons. The van der Waals surface area contributed by atoms with Crippen LogP contribution in [0.15, 0.2) is 13.2 Å². The van der Waals surface area contributed by atoms with Crippen LogP contribution in [-0.4, -0.2) is 8.75 Å². The Morgan fingerprint density at radius 2 is 1.45 bits per heavy atom. The molecular formula is C8H10N2S. The third-order valence-corrected chi connectivity index (χ3v) is 1.83. The van der Waals surface area contributed by atoms with Crippen LogP contribution < -0.4 is 0 Å². The Bertz CT molecular complexity index is 270. The molecule has 1 aromatic rings. The quantitative estimate of drug-likeness (QED) is 0.675. The highest BCUT2D eigenvalue weighted by Crippen LogP contribution is 2.20. The van der Waals surface area contributed by atoms with Gasteiger partial charge in [-0.05, 0) is 25.0 Å². The summed E-state index contributed by atoms with van der Waals surface area (Å²) in [6.45, 7) is 11.4. The lowest BCUT2D eigenvalue weighted by atomic mass is 10.1. The highest BCUT2D eigenvalue weighted by Gasteiger charge is 2.07. The summed E-state index contributed by atoms with van der Waals surface area (Å²) in [5.74, 6) is 0. The molecule has 2 nitrogen and oxygen atoms in total. The zero-order chi connectivity index (χ0) is 8.43. The summed E-state index contributed by atoms with van der Waals surface area (Å²) in [5, 5.41) is 0. The van der Waals surface area contributed by atoms with Gasteiger partial charge in [-0.1, -0.05) is 13.2 Å². The Kier molecular flexibility index (Phi) is 2.19. The lowest BCUT2D eigenvalue weighted by Gasteiger charge is -1.96. The normalized spacial score (nSPS) is 9.64. The minimum absolute atomic E-state index is 0.877. The maximum Gasteiger partial charge on any atom is 0.107 e. The van der Waals surface area contributed by atoms with E-state index in [1.165, 1.54) is 11.7 Å². The molecule has 0 aliphatic carbocycles. The summed E-state index contributed by atoms with van der Waals surface area (Å²) in [6.07, 6.45) is 0. The van der Waals surface area contributed by atoms with Crippen molar-refractivity contribution in [1.29, 1.82) is 0 Å². The van der Waals surface area contributed by atoms with Crippen LogP contribution in [0, 0.1) is 0 Å².